The number of ether oxygens (including phenoxy) is 1. The number of hydrogen-bond acceptors (Lipinski definition) is 1. The highest BCUT2D eigenvalue weighted by molar-refractivity contribution is 9.10. The van der Waals surface area contributed by atoms with E-state index in [0.717, 1.165) is 10.0 Å². The minimum Gasteiger partial charge on any atom is -0.487 e. The molecule has 0 fully saturated rings. The van der Waals surface area contributed by atoms with Crippen molar-refractivity contribution in [1.29, 1.82) is 0 Å². The van der Waals surface area contributed by atoms with Gasteiger partial charge in [-0.05, 0) is 29.8 Å². The highest BCUT2D eigenvalue weighted by Crippen LogP contribution is 2.23. The zero-order chi connectivity index (χ0) is 12.3. The molecule has 0 bridgehead atoms. The van der Waals surface area contributed by atoms with Crippen LogP contribution in [-0.4, -0.2) is 7.85 Å². The fraction of sp³-hybridized carbons (Fsp3) is 0.0769. The average molecular weight is 307 g/mol. The lowest BCUT2D eigenvalue weighted by molar-refractivity contribution is 0.306. The van der Waals surface area contributed by atoms with E-state index in [1.807, 2.05) is 24.3 Å². The number of hydrogen-bond donors (Lipinski definition) is 0. The van der Waals surface area contributed by atoms with Crippen LogP contribution >= 0.6 is 27.5 Å². The maximum Gasteiger partial charge on any atom is 0.138 e. The van der Waals surface area contributed by atoms with Gasteiger partial charge in [-0.1, -0.05) is 51.2 Å². The Morgan fingerprint density at radius 2 is 2.00 bits per heavy atom. The van der Waals surface area contributed by atoms with Crippen LogP contribution in [0.2, 0.25) is 5.02 Å². The van der Waals surface area contributed by atoms with Gasteiger partial charge in [-0.15, -0.1) is 0 Å². The van der Waals surface area contributed by atoms with E-state index in [0.29, 0.717) is 22.8 Å². The molecule has 0 heterocycles. The van der Waals surface area contributed by atoms with Crippen molar-refractivity contribution in [3.63, 3.8) is 0 Å². The van der Waals surface area contributed by atoms with Crippen molar-refractivity contribution in [3.8, 4) is 5.75 Å². The predicted octanol–water partition coefficient (Wildman–Crippen LogP) is 3.48. The summed E-state index contributed by atoms with van der Waals surface area (Å²) in [7, 11) is 5.61. The summed E-state index contributed by atoms with van der Waals surface area (Å²) in [5.74, 6) is 0.640. The van der Waals surface area contributed by atoms with Crippen molar-refractivity contribution >= 4 is 40.8 Å². The molecule has 2 aromatic carbocycles. The average Bonchev–Trinajstić information content (AvgIpc) is 2.28. The first-order valence-electron chi connectivity index (χ1n) is 5.07. The van der Waals surface area contributed by atoms with Gasteiger partial charge in [0.15, 0.2) is 0 Å². The second-order valence-electron chi connectivity index (χ2n) is 3.61. The maximum absolute atomic E-state index is 6.01. The summed E-state index contributed by atoms with van der Waals surface area (Å²) in [4.78, 5) is 0. The molecule has 4 heteroatoms. The molecule has 0 saturated heterocycles. The van der Waals surface area contributed by atoms with Crippen LogP contribution in [0, 0.1) is 0 Å². The first-order chi connectivity index (χ1) is 8.15. The summed E-state index contributed by atoms with van der Waals surface area (Å²) in [6.45, 7) is 0.475. The molecule has 0 N–H and O–H groups in total. The summed E-state index contributed by atoms with van der Waals surface area (Å²) in [5, 5.41) is 0.528. The molecule has 0 unspecified atom stereocenters. The molecule has 2 rings (SSSR count). The second kappa shape index (κ2) is 5.61. The molecule has 1 nitrogen and oxygen atoms in total. The van der Waals surface area contributed by atoms with E-state index in [-0.39, 0.29) is 0 Å². The Labute approximate surface area is 115 Å². The van der Waals surface area contributed by atoms with Gasteiger partial charge in [0.05, 0.1) is 5.02 Å². The van der Waals surface area contributed by atoms with Gasteiger partial charge in [-0.25, -0.2) is 0 Å². The monoisotopic (exact) mass is 306 g/mol. The van der Waals surface area contributed by atoms with E-state index in [9.17, 15) is 0 Å². The predicted molar refractivity (Wildman–Crippen MR) is 75.3 cm³/mol. The van der Waals surface area contributed by atoms with E-state index in [1.165, 1.54) is 0 Å². The van der Waals surface area contributed by atoms with Crippen LogP contribution in [0.4, 0.5) is 0 Å². The molecule has 84 valence electrons. The Bertz CT molecular complexity index is 531. The highest BCUT2D eigenvalue weighted by Gasteiger charge is 2.02. The van der Waals surface area contributed by atoms with Crippen molar-refractivity contribution < 1.29 is 4.74 Å². The lowest BCUT2D eigenvalue weighted by atomic mass is 9.97. The number of halogens is 2. The molecule has 0 aliphatic heterocycles. The number of rotatable bonds is 3. The summed E-state index contributed by atoms with van der Waals surface area (Å²) >= 11 is 9.43. The van der Waals surface area contributed by atoms with Crippen molar-refractivity contribution in [3.05, 3.63) is 57.5 Å². The van der Waals surface area contributed by atoms with Gasteiger partial charge < -0.3 is 4.74 Å². The third-order valence-corrected chi connectivity index (χ3v) is 3.03. The standard InChI is InChI=1S/C13H9BBrClO/c14-10-4-5-13(12(16)7-10)17-8-9-2-1-3-11(15)6-9/h1-7H,8H2. The van der Waals surface area contributed by atoms with Gasteiger partial charge in [0.2, 0.25) is 0 Å². The maximum atomic E-state index is 6.01. The third-order valence-electron chi connectivity index (χ3n) is 2.24. The van der Waals surface area contributed by atoms with E-state index in [2.05, 4.69) is 15.9 Å². The minimum absolute atomic E-state index is 0.475. The first-order valence-corrected chi connectivity index (χ1v) is 6.24. The normalized spacial score (nSPS) is 10.2. The lowest BCUT2D eigenvalue weighted by Crippen LogP contribution is -2.02. The Morgan fingerprint density at radius 3 is 2.71 bits per heavy atom. The smallest absolute Gasteiger partial charge is 0.138 e. The van der Waals surface area contributed by atoms with E-state index < -0.39 is 0 Å². The van der Waals surface area contributed by atoms with Crippen molar-refractivity contribution in [2.75, 3.05) is 0 Å². The molecule has 0 amide bonds. The van der Waals surface area contributed by atoms with Gasteiger partial charge in [-0.2, -0.15) is 0 Å². The third kappa shape index (κ3) is 3.52. The van der Waals surface area contributed by atoms with E-state index in [1.54, 1.807) is 18.2 Å². The molecule has 0 spiro atoms. The first kappa shape index (κ1) is 12.5. The number of benzene rings is 2. The molecule has 0 aliphatic carbocycles. The molecule has 0 saturated carbocycles. The van der Waals surface area contributed by atoms with Crippen LogP contribution in [0.5, 0.6) is 5.75 Å². The van der Waals surface area contributed by atoms with Crippen LogP contribution < -0.4 is 10.2 Å². The van der Waals surface area contributed by atoms with Crippen molar-refractivity contribution in [2.45, 2.75) is 6.61 Å². The minimum atomic E-state index is 0.475. The van der Waals surface area contributed by atoms with Gasteiger partial charge in [0, 0.05) is 4.47 Å². The Morgan fingerprint density at radius 1 is 1.18 bits per heavy atom. The fourth-order valence-electron chi connectivity index (χ4n) is 1.42. The summed E-state index contributed by atoms with van der Waals surface area (Å²) in [6.07, 6.45) is 0. The Hall–Kier alpha value is -0.925. The van der Waals surface area contributed by atoms with Crippen LogP contribution in [0.3, 0.4) is 0 Å². The molecule has 2 radical (unpaired) electrons. The van der Waals surface area contributed by atoms with E-state index >= 15 is 0 Å². The molecular weight excluding hydrogens is 298 g/mol. The topological polar surface area (TPSA) is 9.23 Å². The largest absolute Gasteiger partial charge is 0.487 e. The fourth-order valence-corrected chi connectivity index (χ4v) is 2.11. The highest BCUT2D eigenvalue weighted by atomic mass is 79.9. The van der Waals surface area contributed by atoms with Crippen LogP contribution in [-0.2, 0) is 6.61 Å². The van der Waals surface area contributed by atoms with E-state index in [4.69, 9.17) is 24.2 Å². The quantitative estimate of drug-likeness (QED) is 0.789. The van der Waals surface area contributed by atoms with Gasteiger partial charge >= 0.3 is 0 Å². The van der Waals surface area contributed by atoms with Crippen molar-refractivity contribution in [2.24, 2.45) is 0 Å². The van der Waals surface area contributed by atoms with Crippen molar-refractivity contribution in [1.82, 2.24) is 0 Å². The molecule has 0 atom stereocenters. The van der Waals surface area contributed by atoms with Gasteiger partial charge in [0.1, 0.15) is 20.2 Å². The molecular formula is C13H9BBrClO. The zero-order valence-electron chi connectivity index (χ0n) is 8.99. The second-order valence-corrected chi connectivity index (χ2v) is 4.93. The molecule has 2 aromatic rings. The van der Waals surface area contributed by atoms with Gasteiger partial charge in [-0.3, -0.25) is 0 Å². The van der Waals surface area contributed by atoms with Crippen LogP contribution in [0.15, 0.2) is 46.9 Å². The Balaban J connectivity index is 2.07. The SMILES string of the molecule is [B]c1ccc(OCc2cccc(Br)c2)c(Cl)c1. The summed E-state index contributed by atoms with van der Waals surface area (Å²) < 4.78 is 6.65. The molecule has 0 aromatic heterocycles. The van der Waals surface area contributed by atoms with Crippen LogP contribution in [0.25, 0.3) is 0 Å². The molecule has 0 aliphatic rings. The summed E-state index contributed by atoms with van der Waals surface area (Å²) in [5.41, 5.74) is 1.71. The molecule has 17 heavy (non-hydrogen) atoms. The Kier molecular flexibility index (Phi) is 4.13. The van der Waals surface area contributed by atoms with Gasteiger partial charge in [0.25, 0.3) is 0 Å². The zero-order valence-corrected chi connectivity index (χ0v) is 11.3. The van der Waals surface area contributed by atoms with Crippen LogP contribution in [0.1, 0.15) is 5.56 Å². The summed E-state index contributed by atoms with van der Waals surface area (Å²) in [6, 6.07) is 13.2. The lowest BCUT2D eigenvalue weighted by Gasteiger charge is -2.09.